The smallest absolute Gasteiger partial charge is 0.434 e. The van der Waals surface area contributed by atoms with E-state index in [0.717, 1.165) is 4.68 Å². The van der Waals surface area contributed by atoms with E-state index in [1.54, 1.807) is 13.8 Å². The Morgan fingerprint density at radius 3 is 2.64 bits per heavy atom. The lowest BCUT2D eigenvalue weighted by atomic mass is 10.2. The zero-order valence-electron chi connectivity index (χ0n) is 8.40. The van der Waals surface area contributed by atoms with E-state index in [9.17, 15) is 9.59 Å². The van der Waals surface area contributed by atoms with Gasteiger partial charge in [0.15, 0.2) is 5.78 Å². The number of aromatic nitrogens is 2. The van der Waals surface area contributed by atoms with Gasteiger partial charge >= 0.3 is 6.09 Å². The Morgan fingerprint density at radius 1 is 1.57 bits per heavy atom. The first-order chi connectivity index (χ1) is 6.57. The summed E-state index contributed by atoms with van der Waals surface area (Å²) < 4.78 is 5.84. The molecular weight excluding hydrogens is 184 g/mol. The number of ketones is 1. The van der Waals surface area contributed by atoms with E-state index in [1.165, 1.54) is 13.1 Å². The first kappa shape index (κ1) is 10.4. The molecule has 5 heteroatoms. The molecule has 1 heterocycles. The highest BCUT2D eigenvalue weighted by molar-refractivity contribution is 5.95. The fourth-order valence-corrected chi connectivity index (χ4v) is 1.12. The normalized spacial score (nSPS) is 9.93. The van der Waals surface area contributed by atoms with E-state index in [4.69, 9.17) is 4.74 Å². The van der Waals surface area contributed by atoms with Crippen LogP contribution in [0.4, 0.5) is 4.79 Å². The zero-order valence-corrected chi connectivity index (χ0v) is 8.40. The number of hydrogen-bond donors (Lipinski definition) is 0. The lowest BCUT2D eigenvalue weighted by Gasteiger charge is -2.02. The minimum Gasteiger partial charge on any atom is -0.448 e. The molecule has 1 aromatic rings. The van der Waals surface area contributed by atoms with E-state index < -0.39 is 6.09 Å². The van der Waals surface area contributed by atoms with Crippen LogP contribution in [0.2, 0.25) is 0 Å². The van der Waals surface area contributed by atoms with Crippen LogP contribution in [0.1, 0.15) is 29.9 Å². The second-order valence-electron chi connectivity index (χ2n) is 2.81. The fraction of sp³-hybridized carbons (Fsp3) is 0.444. The summed E-state index contributed by atoms with van der Waals surface area (Å²) in [4.78, 5) is 22.3. The van der Waals surface area contributed by atoms with Gasteiger partial charge in [0, 0.05) is 0 Å². The Labute approximate surface area is 81.7 Å². The van der Waals surface area contributed by atoms with Crippen molar-refractivity contribution in [2.24, 2.45) is 0 Å². The maximum atomic E-state index is 11.3. The summed E-state index contributed by atoms with van der Waals surface area (Å²) in [5.41, 5.74) is 0.953. The minimum absolute atomic E-state index is 0.113. The van der Waals surface area contributed by atoms with Gasteiger partial charge in [-0.05, 0) is 20.8 Å². The third kappa shape index (κ3) is 1.81. The first-order valence-electron chi connectivity index (χ1n) is 4.30. The topological polar surface area (TPSA) is 61.2 Å². The van der Waals surface area contributed by atoms with Gasteiger partial charge in [-0.3, -0.25) is 4.79 Å². The predicted molar refractivity (Wildman–Crippen MR) is 49.4 cm³/mol. The van der Waals surface area contributed by atoms with Gasteiger partial charge in [-0.1, -0.05) is 0 Å². The third-order valence-electron chi connectivity index (χ3n) is 1.83. The monoisotopic (exact) mass is 196 g/mol. The van der Waals surface area contributed by atoms with Crippen LogP contribution < -0.4 is 0 Å². The highest BCUT2D eigenvalue weighted by Gasteiger charge is 2.15. The molecule has 0 aromatic carbocycles. The maximum Gasteiger partial charge on any atom is 0.434 e. The number of nitrogens with zero attached hydrogens (tertiary/aromatic N) is 2. The lowest BCUT2D eigenvalue weighted by Crippen LogP contribution is -2.16. The number of carbonyl (C=O) groups excluding carboxylic acids is 2. The number of ether oxygens (including phenoxy) is 1. The number of rotatable bonds is 2. The number of Topliss-reactive ketones (excluding diaryl/α,β-unsaturated/α-hetero) is 1. The molecule has 0 amide bonds. The molecule has 1 rings (SSSR count). The van der Waals surface area contributed by atoms with E-state index in [0.29, 0.717) is 11.3 Å². The van der Waals surface area contributed by atoms with Crippen LogP contribution in [0, 0.1) is 6.92 Å². The molecule has 5 nitrogen and oxygen atoms in total. The summed E-state index contributed by atoms with van der Waals surface area (Å²) >= 11 is 0. The van der Waals surface area contributed by atoms with Crippen molar-refractivity contribution in [1.82, 2.24) is 9.78 Å². The van der Waals surface area contributed by atoms with Crippen molar-refractivity contribution in [3.8, 4) is 0 Å². The van der Waals surface area contributed by atoms with E-state index in [1.807, 2.05) is 0 Å². The van der Waals surface area contributed by atoms with Crippen molar-refractivity contribution in [1.29, 1.82) is 0 Å². The Balaban J connectivity index is 3.00. The van der Waals surface area contributed by atoms with Gasteiger partial charge in [-0.15, -0.1) is 0 Å². The molecular formula is C9H12N2O3. The van der Waals surface area contributed by atoms with Crippen LogP contribution in [-0.2, 0) is 4.74 Å². The standard InChI is InChI=1S/C9H12N2O3/c1-4-14-9(13)11-6(2)8(5-10-11)7(3)12/h5H,4H2,1-3H3. The maximum absolute atomic E-state index is 11.3. The average Bonchev–Trinajstić information content (AvgIpc) is 2.47. The summed E-state index contributed by atoms with van der Waals surface area (Å²) in [6, 6.07) is 0. The summed E-state index contributed by atoms with van der Waals surface area (Å²) in [7, 11) is 0. The molecule has 1 aromatic heterocycles. The van der Waals surface area contributed by atoms with Gasteiger partial charge in [0.1, 0.15) is 0 Å². The van der Waals surface area contributed by atoms with Crippen molar-refractivity contribution in [2.75, 3.05) is 6.61 Å². The molecule has 0 bridgehead atoms. The first-order valence-corrected chi connectivity index (χ1v) is 4.30. The van der Waals surface area contributed by atoms with Crippen LogP contribution >= 0.6 is 0 Å². The SMILES string of the molecule is CCOC(=O)n1ncc(C(C)=O)c1C. The highest BCUT2D eigenvalue weighted by atomic mass is 16.5. The molecule has 0 fully saturated rings. The van der Waals surface area contributed by atoms with Crippen LogP contribution in [0.15, 0.2) is 6.20 Å². The van der Waals surface area contributed by atoms with Crippen molar-refractivity contribution in [3.63, 3.8) is 0 Å². The quantitative estimate of drug-likeness (QED) is 0.671. The second kappa shape index (κ2) is 4.04. The number of carbonyl (C=O) groups is 2. The zero-order chi connectivity index (χ0) is 10.7. The molecule has 0 atom stereocenters. The van der Waals surface area contributed by atoms with Crippen molar-refractivity contribution in [3.05, 3.63) is 17.5 Å². The Hall–Kier alpha value is -1.65. The molecule has 14 heavy (non-hydrogen) atoms. The third-order valence-corrected chi connectivity index (χ3v) is 1.83. The molecule has 0 aliphatic heterocycles. The predicted octanol–water partition coefficient (Wildman–Crippen LogP) is 1.40. The van der Waals surface area contributed by atoms with Gasteiger partial charge in [-0.2, -0.15) is 9.78 Å². The van der Waals surface area contributed by atoms with Crippen LogP contribution in [0.25, 0.3) is 0 Å². The molecule has 0 aliphatic rings. The van der Waals surface area contributed by atoms with Crippen LogP contribution in [0.5, 0.6) is 0 Å². The van der Waals surface area contributed by atoms with Crippen LogP contribution in [0.3, 0.4) is 0 Å². The summed E-state index contributed by atoms with van der Waals surface area (Å²) in [6.45, 7) is 5.08. The summed E-state index contributed by atoms with van der Waals surface area (Å²) in [5, 5.41) is 3.78. The largest absolute Gasteiger partial charge is 0.448 e. The Bertz CT molecular complexity index is 368. The highest BCUT2D eigenvalue weighted by Crippen LogP contribution is 2.07. The molecule has 0 unspecified atom stereocenters. The Kier molecular flexibility index (Phi) is 3.01. The van der Waals surface area contributed by atoms with Gasteiger partial charge in [-0.25, -0.2) is 4.79 Å². The summed E-state index contributed by atoms with van der Waals surface area (Å²) in [6.07, 6.45) is 0.812. The fourth-order valence-electron chi connectivity index (χ4n) is 1.12. The molecule has 0 N–H and O–H groups in total. The Morgan fingerprint density at radius 2 is 2.21 bits per heavy atom. The van der Waals surface area contributed by atoms with E-state index >= 15 is 0 Å². The average molecular weight is 196 g/mol. The van der Waals surface area contributed by atoms with Gasteiger partial charge in [0.2, 0.25) is 0 Å². The van der Waals surface area contributed by atoms with Gasteiger partial charge < -0.3 is 4.74 Å². The van der Waals surface area contributed by atoms with Crippen molar-refractivity contribution >= 4 is 11.9 Å². The summed E-state index contributed by atoms with van der Waals surface area (Å²) in [5.74, 6) is -0.113. The number of hydrogen-bond acceptors (Lipinski definition) is 4. The molecule has 76 valence electrons. The van der Waals surface area contributed by atoms with E-state index in [-0.39, 0.29) is 12.4 Å². The van der Waals surface area contributed by atoms with Crippen molar-refractivity contribution < 1.29 is 14.3 Å². The minimum atomic E-state index is -0.558. The molecule has 0 spiro atoms. The molecule has 0 aliphatic carbocycles. The lowest BCUT2D eigenvalue weighted by molar-refractivity contribution is 0.101. The van der Waals surface area contributed by atoms with Gasteiger partial charge in [0.05, 0.1) is 24.1 Å². The van der Waals surface area contributed by atoms with Crippen LogP contribution in [-0.4, -0.2) is 28.3 Å². The molecule has 0 saturated carbocycles. The molecule has 0 radical (unpaired) electrons. The van der Waals surface area contributed by atoms with Gasteiger partial charge in [0.25, 0.3) is 0 Å². The van der Waals surface area contributed by atoms with Crippen molar-refractivity contribution in [2.45, 2.75) is 20.8 Å². The second-order valence-corrected chi connectivity index (χ2v) is 2.81. The van der Waals surface area contributed by atoms with E-state index in [2.05, 4.69) is 5.10 Å². The molecule has 0 saturated heterocycles.